The van der Waals surface area contributed by atoms with Gasteiger partial charge in [-0.3, -0.25) is 0 Å². The van der Waals surface area contributed by atoms with Gasteiger partial charge >= 0.3 is 0 Å². The van der Waals surface area contributed by atoms with Crippen molar-refractivity contribution in [1.82, 2.24) is 0 Å². The zero-order valence-corrected chi connectivity index (χ0v) is 12.5. The molecule has 1 aromatic carbocycles. The third-order valence-corrected chi connectivity index (χ3v) is 5.29. The Morgan fingerprint density at radius 3 is 2.50 bits per heavy atom. The van der Waals surface area contributed by atoms with E-state index in [9.17, 15) is 8.78 Å². The van der Waals surface area contributed by atoms with E-state index in [-0.39, 0.29) is 4.83 Å². The normalized spacial score (nSPS) is 12.7. The average Bonchev–Trinajstić information content (AvgIpc) is 2.63. The molecule has 18 heavy (non-hydrogen) atoms. The van der Waals surface area contributed by atoms with E-state index in [1.54, 1.807) is 11.3 Å². The van der Waals surface area contributed by atoms with Crippen LogP contribution in [0.3, 0.4) is 0 Å². The molecule has 0 spiro atoms. The number of hydrogen-bond donors (Lipinski definition) is 0. The van der Waals surface area contributed by atoms with Crippen LogP contribution in [0.5, 0.6) is 0 Å². The SMILES string of the molecule is Cc1cc(C(Br)Cc2ccc(F)cc2F)sc1C. The third kappa shape index (κ3) is 2.98. The molecule has 1 unspecified atom stereocenters. The minimum Gasteiger partial charge on any atom is -0.207 e. The van der Waals surface area contributed by atoms with Crippen molar-refractivity contribution in [1.29, 1.82) is 0 Å². The van der Waals surface area contributed by atoms with E-state index in [4.69, 9.17) is 0 Å². The Balaban J connectivity index is 2.18. The highest BCUT2D eigenvalue weighted by atomic mass is 79.9. The first-order valence-corrected chi connectivity index (χ1v) is 7.35. The lowest BCUT2D eigenvalue weighted by molar-refractivity contribution is 0.571. The molecule has 0 saturated heterocycles. The molecule has 0 aliphatic carbocycles. The molecule has 0 aliphatic rings. The van der Waals surface area contributed by atoms with Gasteiger partial charge in [-0.05, 0) is 43.5 Å². The molecule has 0 N–H and O–H groups in total. The van der Waals surface area contributed by atoms with Crippen LogP contribution in [-0.4, -0.2) is 0 Å². The number of aryl methyl sites for hydroxylation is 2. The minimum atomic E-state index is -0.537. The van der Waals surface area contributed by atoms with Gasteiger partial charge in [0.2, 0.25) is 0 Å². The molecule has 2 aromatic rings. The Bertz CT molecular complexity index is 543. The van der Waals surface area contributed by atoms with Gasteiger partial charge in [0.1, 0.15) is 11.6 Å². The molecule has 1 aromatic heterocycles. The second-order valence-corrected chi connectivity index (χ2v) is 6.69. The standard InChI is InChI=1S/C14H13BrF2S/c1-8-5-14(18-9(8)2)12(15)6-10-3-4-11(16)7-13(10)17/h3-5,7,12H,6H2,1-2H3. The van der Waals surface area contributed by atoms with Crippen molar-refractivity contribution >= 4 is 27.3 Å². The highest BCUT2D eigenvalue weighted by molar-refractivity contribution is 9.09. The summed E-state index contributed by atoms with van der Waals surface area (Å²) in [6, 6.07) is 5.84. The van der Waals surface area contributed by atoms with Gasteiger partial charge in [0.15, 0.2) is 0 Å². The van der Waals surface area contributed by atoms with Crippen LogP contribution < -0.4 is 0 Å². The lowest BCUT2D eigenvalue weighted by Gasteiger charge is -2.08. The quantitative estimate of drug-likeness (QED) is 0.668. The zero-order chi connectivity index (χ0) is 13.3. The van der Waals surface area contributed by atoms with Crippen LogP contribution in [0.1, 0.15) is 25.7 Å². The van der Waals surface area contributed by atoms with E-state index in [0.29, 0.717) is 12.0 Å². The van der Waals surface area contributed by atoms with Gasteiger partial charge in [-0.2, -0.15) is 0 Å². The maximum atomic E-state index is 13.6. The third-order valence-electron chi connectivity index (χ3n) is 2.91. The maximum Gasteiger partial charge on any atom is 0.129 e. The molecule has 2 rings (SSSR count). The van der Waals surface area contributed by atoms with Crippen molar-refractivity contribution in [2.24, 2.45) is 0 Å². The molecule has 4 heteroatoms. The molecule has 1 atom stereocenters. The summed E-state index contributed by atoms with van der Waals surface area (Å²) in [7, 11) is 0. The molecule has 96 valence electrons. The first-order chi connectivity index (χ1) is 8.47. The van der Waals surface area contributed by atoms with Gasteiger partial charge in [0.25, 0.3) is 0 Å². The van der Waals surface area contributed by atoms with Crippen LogP contribution >= 0.6 is 27.3 Å². The predicted molar refractivity (Wildman–Crippen MR) is 75.5 cm³/mol. The Morgan fingerprint density at radius 1 is 1.22 bits per heavy atom. The maximum absolute atomic E-state index is 13.6. The van der Waals surface area contributed by atoms with Gasteiger partial charge in [-0.25, -0.2) is 8.78 Å². The number of hydrogen-bond acceptors (Lipinski definition) is 1. The molecular weight excluding hydrogens is 318 g/mol. The Morgan fingerprint density at radius 2 is 1.94 bits per heavy atom. The first-order valence-electron chi connectivity index (χ1n) is 5.62. The van der Waals surface area contributed by atoms with Crippen molar-refractivity contribution in [3.8, 4) is 0 Å². The summed E-state index contributed by atoms with van der Waals surface area (Å²) < 4.78 is 26.4. The summed E-state index contributed by atoms with van der Waals surface area (Å²) in [5.41, 5.74) is 1.78. The first kappa shape index (κ1) is 13.7. The van der Waals surface area contributed by atoms with E-state index in [1.165, 1.54) is 27.5 Å². The molecule has 0 aliphatic heterocycles. The summed E-state index contributed by atoms with van der Waals surface area (Å²) in [6.07, 6.45) is 0.519. The van der Waals surface area contributed by atoms with Crippen molar-refractivity contribution < 1.29 is 8.78 Å². The average molecular weight is 331 g/mol. The van der Waals surface area contributed by atoms with Crippen LogP contribution in [0, 0.1) is 25.5 Å². The summed E-state index contributed by atoms with van der Waals surface area (Å²) in [5.74, 6) is -1.02. The minimum absolute atomic E-state index is 0.0647. The monoisotopic (exact) mass is 330 g/mol. The molecule has 0 radical (unpaired) electrons. The molecule has 0 saturated carbocycles. The highest BCUT2D eigenvalue weighted by Gasteiger charge is 2.14. The van der Waals surface area contributed by atoms with E-state index in [1.807, 2.05) is 0 Å². The molecule has 0 bridgehead atoms. The van der Waals surface area contributed by atoms with E-state index in [0.717, 1.165) is 6.07 Å². The predicted octanol–water partition coefficient (Wildman–Crippen LogP) is 5.32. The summed E-state index contributed by atoms with van der Waals surface area (Å²) in [6.45, 7) is 4.13. The molecule has 0 nitrogen and oxygen atoms in total. The van der Waals surface area contributed by atoms with Crippen LogP contribution in [0.2, 0.25) is 0 Å². The smallest absolute Gasteiger partial charge is 0.129 e. The second-order valence-electron chi connectivity index (χ2n) is 4.30. The van der Waals surface area contributed by atoms with E-state index < -0.39 is 11.6 Å². The molecule has 1 heterocycles. The van der Waals surface area contributed by atoms with Crippen molar-refractivity contribution in [2.75, 3.05) is 0 Å². The van der Waals surface area contributed by atoms with Gasteiger partial charge in [-0.1, -0.05) is 22.0 Å². The van der Waals surface area contributed by atoms with Crippen molar-refractivity contribution in [3.63, 3.8) is 0 Å². The van der Waals surface area contributed by atoms with E-state index >= 15 is 0 Å². The highest BCUT2D eigenvalue weighted by Crippen LogP contribution is 2.34. The fourth-order valence-electron chi connectivity index (χ4n) is 1.74. The lowest BCUT2D eigenvalue weighted by Crippen LogP contribution is -1.97. The second kappa shape index (κ2) is 5.49. The zero-order valence-electron chi connectivity index (χ0n) is 10.1. The van der Waals surface area contributed by atoms with Gasteiger partial charge in [0, 0.05) is 15.8 Å². The number of thiophene rings is 1. The van der Waals surface area contributed by atoms with Crippen molar-refractivity contribution in [2.45, 2.75) is 25.1 Å². The number of benzene rings is 1. The number of rotatable bonds is 3. The van der Waals surface area contributed by atoms with Crippen LogP contribution in [0.4, 0.5) is 8.78 Å². The van der Waals surface area contributed by atoms with Crippen LogP contribution in [0.25, 0.3) is 0 Å². The number of halogens is 3. The molecular formula is C14H13BrF2S. The Kier molecular flexibility index (Phi) is 4.17. The Labute approximate surface area is 118 Å². The van der Waals surface area contributed by atoms with Gasteiger partial charge in [-0.15, -0.1) is 11.3 Å². The van der Waals surface area contributed by atoms with E-state index in [2.05, 4.69) is 35.8 Å². The topological polar surface area (TPSA) is 0 Å². The Hall–Kier alpha value is -0.740. The summed E-state index contributed by atoms with van der Waals surface area (Å²) in [4.78, 5) is 2.51. The molecule has 0 fully saturated rings. The summed E-state index contributed by atoms with van der Waals surface area (Å²) in [5, 5.41) is 0. The fourth-order valence-corrected chi connectivity index (χ4v) is 3.52. The fraction of sp³-hybridized carbons (Fsp3) is 0.286. The number of alkyl halides is 1. The van der Waals surface area contributed by atoms with Crippen molar-refractivity contribution in [3.05, 3.63) is 56.8 Å². The largest absolute Gasteiger partial charge is 0.207 e. The molecule has 0 amide bonds. The van der Waals surface area contributed by atoms with Crippen LogP contribution in [0.15, 0.2) is 24.3 Å². The van der Waals surface area contributed by atoms with Gasteiger partial charge in [0.05, 0.1) is 4.83 Å². The lowest BCUT2D eigenvalue weighted by atomic mass is 10.1. The summed E-state index contributed by atoms with van der Waals surface area (Å²) >= 11 is 5.28. The van der Waals surface area contributed by atoms with Gasteiger partial charge < -0.3 is 0 Å². The van der Waals surface area contributed by atoms with Crippen LogP contribution in [-0.2, 0) is 6.42 Å².